The average molecular weight is 289 g/mol. The normalized spacial score (nSPS) is 10.4. The first-order valence-electron chi connectivity index (χ1n) is 6.45. The minimum absolute atomic E-state index is 0.0126. The number of Topliss-reactive ketones (excluding diaryl/α,β-unsaturated/α-hetero) is 1. The lowest BCUT2D eigenvalue weighted by molar-refractivity contribution is 0.101. The first-order valence-corrected chi connectivity index (χ1v) is 6.83. The second-order valence-corrected chi connectivity index (χ2v) is 5.36. The van der Waals surface area contributed by atoms with Crippen LogP contribution in [-0.2, 0) is 0 Å². The van der Waals surface area contributed by atoms with E-state index in [2.05, 4.69) is 6.07 Å². The Hall–Kier alpha value is -1.80. The van der Waals surface area contributed by atoms with E-state index >= 15 is 0 Å². The van der Waals surface area contributed by atoms with E-state index < -0.39 is 0 Å². The summed E-state index contributed by atoms with van der Waals surface area (Å²) in [6.45, 7) is 7.58. The molecule has 2 aromatic carbocycles. The quantitative estimate of drug-likeness (QED) is 0.720. The Kier molecular flexibility index (Phi) is 4.15. The third kappa shape index (κ3) is 2.86. The minimum atomic E-state index is -0.0126. The lowest BCUT2D eigenvalue weighted by Gasteiger charge is -2.14. The van der Waals surface area contributed by atoms with Crippen molar-refractivity contribution in [1.82, 2.24) is 0 Å². The van der Waals surface area contributed by atoms with Crippen LogP contribution in [0.15, 0.2) is 30.3 Å². The third-order valence-electron chi connectivity index (χ3n) is 3.42. The molecule has 0 N–H and O–H groups in total. The second-order valence-electron chi connectivity index (χ2n) is 4.96. The van der Waals surface area contributed by atoms with Gasteiger partial charge in [0, 0.05) is 5.56 Å². The Balaban J connectivity index is 2.41. The monoisotopic (exact) mass is 288 g/mol. The zero-order valence-electron chi connectivity index (χ0n) is 12.1. The van der Waals surface area contributed by atoms with Gasteiger partial charge >= 0.3 is 0 Å². The number of carbonyl (C=O) groups excluding carboxylic acids is 1. The second kappa shape index (κ2) is 5.68. The van der Waals surface area contributed by atoms with E-state index in [1.54, 1.807) is 18.2 Å². The summed E-state index contributed by atoms with van der Waals surface area (Å²) in [6.07, 6.45) is 0. The van der Waals surface area contributed by atoms with Gasteiger partial charge in [0.2, 0.25) is 0 Å². The molecule has 2 rings (SSSR count). The molecule has 0 aliphatic heterocycles. The van der Waals surface area contributed by atoms with Crippen molar-refractivity contribution in [3.05, 3.63) is 57.6 Å². The van der Waals surface area contributed by atoms with Gasteiger partial charge in [-0.25, -0.2) is 0 Å². The smallest absolute Gasteiger partial charge is 0.159 e. The maximum atomic E-state index is 11.3. The lowest BCUT2D eigenvalue weighted by Crippen LogP contribution is -1.96. The maximum Gasteiger partial charge on any atom is 0.159 e. The SMILES string of the molecule is CC(=O)c1ccc(Oc2c(C)ccc(C)c2C)c(Cl)c1. The number of aryl methyl sites for hydroxylation is 2. The van der Waals surface area contributed by atoms with Gasteiger partial charge in [0.15, 0.2) is 5.78 Å². The summed E-state index contributed by atoms with van der Waals surface area (Å²) in [5.74, 6) is 1.37. The van der Waals surface area contributed by atoms with Crippen LogP contribution in [0.2, 0.25) is 5.02 Å². The predicted molar refractivity (Wildman–Crippen MR) is 82.2 cm³/mol. The highest BCUT2D eigenvalue weighted by Gasteiger charge is 2.11. The molecule has 2 nitrogen and oxygen atoms in total. The number of rotatable bonds is 3. The summed E-state index contributed by atoms with van der Waals surface area (Å²) in [6, 6.07) is 9.19. The summed E-state index contributed by atoms with van der Waals surface area (Å²) in [4.78, 5) is 11.3. The number of ketones is 1. The lowest BCUT2D eigenvalue weighted by atomic mass is 10.1. The molecule has 0 aromatic heterocycles. The van der Waals surface area contributed by atoms with E-state index in [0.717, 1.165) is 16.9 Å². The zero-order valence-corrected chi connectivity index (χ0v) is 12.8. The Bertz CT molecular complexity index is 675. The van der Waals surface area contributed by atoms with Crippen molar-refractivity contribution < 1.29 is 9.53 Å². The predicted octanol–water partition coefficient (Wildman–Crippen LogP) is 5.26. The number of hydrogen-bond donors (Lipinski definition) is 0. The fourth-order valence-corrected chi connectivity index (χ4v) is 2.21. The third-order valence-corrected chi connectivity index (χ3v) is 3.72. The fraction of sp³-hybridized carbons (Fsp3) is 0.235. The molecular formula is C17H17ClO2. The minimum Gasteiger partial charge on any atom is -0.455 e. The van der Waals surface area contributed by atoms with E-state index in [0.29, 0.717) is 16.3 Å². The van der Waals surface area contributed by atoms with Gasteiger partial charge in [-0.15, -0.1) is 0 Å². The molecule has 0 saturated carbocycles. The van der Waals surface area contributed by atoms with E-state index in [1.165, 1.54) is 12.5 Å². The van der Waals surface area contributed by atoms with Gasteiger partial charge in [-0.2, -0.15) is 0 Å². The first kappa shape index (κ1) is 14.6. The van der Waals surface area contributed by atoms with Crippen LogP contribution in [0.25, 0.3) is 0 Å². The van der Waals surface area contributed by atoms with Crippen molar-refractivity contribution in [1.29, 1.82) is 0 Å². The Morgan fingerprint density at radius 2 is 1.70 bits per heavy atom. The molecule has 0 aliphatic rings. The molecule has 0 heterocycles. The van der Waals surface area contributed by atoms with Crippen molar-refractivity contribution >= 4 is 17.4 Å². The molecule has 0 amide bonds. The summed E-state index contributed by atoms with van der Waals surface area (Å²) in [7, 11) is 0. The van der Waals surface area contributed by atoms with Crippen LogP contribution >= 0.6 is 11.6 Å². The van der Waals surface area contributed by atoms with Crippen LogP contribution in [0.1, 0.15) is 34.0 Å². The number of hydrogen-bond acceptors (Lipinski definition) is 2. The van der Waals surface area contributed by atoms with Crippen LogP contribution in [0.4, 0.5) is 0 Å². The van der Waals surface area contributed by atoms with Gasteiger partial charge in [-0.05, 0) is 62.6 Å². The molecule has 0 aliphatic carbocycles. The Labute approximate surface area is 124 Å². The summed E-state index contributed by atoms with van der Waals surface area (Å²) in [5.41, 5.74) is 3.90. The molecule has 0 unspecified atom stereocenters. The molecule has 0 radical (unpaired) electrons. The molecule has 0 saturated heterocycles. The van der Waals surface area contributed by atoms with Crippen LogP contribution in [0, 0.1) is 20.8 Å². The van der Waals surface area contributed by atoms with Gasteiger partial charge in [0.25, 0.3) is 0 Å². The van der Waals surface area contributed by atoms with Gasteiger partial charge in [0.05, 0.1) is 5.02 Å². The average Bonchev–Trinajstić information content (AvgIpc) is 2.40. The van der Waals surface area contributed by atoms with Crippen molar-refractivity contribution in [2.24, 2.45) is 0 Å². The fourth-order valence-electron chi connectivity index (χ4n) is 2.00. The standard InChI is InChI=1S/C17H17ClO2/c1-10-5-6-11(2)17(12(10)3)20-16-8-7-14(13(4)19)9-15(16)18/h5-9H,1-4H3. The summed E-state index contributed by atoms with van der Waals surface area (Å²) >= 11 is 6.19. The highest BCUT2D eigenvalue weighted by Crippen LogP contribution is 2.34. The van der Waals surface area contributed by atoms with Crippen LogP contribution < -0.4 is 4.74 Å². The number of carbonyl (C=O) groups is 1. The zero-order chi connectivity index (χ0) is 14.9. The van der Waals surface area contributed by atoms with Crippen LogP contribution in [0.5, 0.6) is 11.5 Å². The number of halogens is 1. The van der Waals surface area contributed by atoms with Gasteiger partial charge in [-0.3, -0.25) is 4.79 Å². The van der Waals surface area contributed by atoms with Gasteiger partial charge in [0.1, 0.15) is 11.5 Å². The topological polar surface area (TPSA) is 26.3 Å². The van der Waals surface area contributed by atoms with Crippen molar-refractivity contribution in [2.75, 3.05) is 0 Å². The van der Waals surface area contributed by atoms with Crippen molar-refractivity contribution in [2.45, 2.75) is 27.7 Å². The molecule has 3 heteroatoms. The van der Waals surface area contributed by atoms with Crippen molar-refractivity contribution in [3.8, 4) is 11.5 Å². The van der Waals surface area contributed by atoms with E-state index in [1.807, 2.05) is 26.8 Å². The van der Waals surface area contributed by atoms with E-state index in [9.17, 15) is 4.79 Å². The van der Waals surface area contributed by atoms with E-state index in [-0.39, 0.29) is 5.78 Å². The Morgan fingerprint density at radius 3 is 2.30 bits per heavy atom. The highest BCUT2D eigenvalue weighted by molar-refractivity contribution is 6.32. The molecule has 2 aromatic rings. The molecule has 0 atom stereocenters. The first-order chi connectivity index (χ1) is 9.40. The van der Waals surface area contributed by atoms with Gasteiger partial charge < -0.3 is 4.74 Å². The van der Waals surface area contributed by atoms with Gasteiger partial charge in [-0.1, -0.05) is 23.7 Å². The van der Waals surface area contributed by atoms with E-state index in [4.69, 9.17) is 16.3 Å². The molecule has 20 heavy (non-hydrogen) atoms. The molecular weight excluding hydrogens is 272 g/mol. The molecule has 0 fully saturated rings. The van der Waals surface area contributed by atoms with Crippen LogP contribution in [-0.4, -0.2) is 5.78 Å². The number of benzene rings is 2. The summed E-state index contributed by atoms with van der Waals surface area (Å²) in [5, 5.41) is 0.443. The maximum absolute atomic E-state index is 11.3. The molecule has 104 valence electrons. The summed E-state index contributed by atoms with van der Waals surface area (Å²) < 4.78 is 5.94. The number of ether oxygens (including phenoxy) is 1. The van der Waals surface area contributed by atoms with Crippen molar-refractivity contribution in [3.63, 3.8) is 0 Å². The van der Waals surface area contributed by atoms with Crippen LogP contribution in [0.3, 0.4) is 0 Å². The molecule has 0 spiro atoms. The largest absolute Gasteiger partial charge is 0.455 e. The Morgan fingerprint density at radius 1 is 1.05 bits per heavy atom. The highest BCUT2D eigenvalue weighted by atomic mass is 35.5. The molecule has 0 bridgehead atoms.